The Hall–Kier alpha value is -2.70. The van der Waals surface area contributed by atoms with Crippen molar-refractivity contribution in [2.45, 2.75) is 11.8 Å². The standard InChI is InChI=1S/C23H22Cl3N3O6S2/c1-14-4-9-22(35-2)20(10-14)28-37(33,34)16-7-5-15(6-8-16)27-23(30)13-29(36(3,31)32)21-12-18(25)17(24)11-19(21)26/h4-12,28H,13H2,1-3H3,(H,27,30). The van der Waals surface area contributed by atoms with Crippen molar-refractivity contribution in [2.24, 2.45) is 0 Å². The molecule has 9 nitrogen and oxygen atoms in total. The quantitative estimate of drug-likeness (QED) is 0.324. The molecule has 0 bridgehead atoms. The molecule has 1 amide bonds. The summed E-state index contributed by atoms with van der Waals surface area (Å²) in [4.78, 5) is 12.6. The topological polar surface area (TPSA) is 122 Å². The molecule has 0 aromatic heterocycles. The second kappa shape index (κ2) is 11.4. The number of nitrogens with zero attached hydrogens (tertiary/aromatic N) is 1. The minimum Gasteiger partial charge on any atom is -0.495 e. The van der Waals surface area contributed by atoms with Crippen LogP contribution < -0.4 is 19.1 Å². The summed E-state index contributed by atoms with van der Waals surface area (Å²) in [6.45, 7) is 1.19. The van der Waals surface area contributed by atoms with Crippen molar-refractivity contribution in [3.63, 3.8) is 0 Å². The maximum absolute atomic E-state index is 12.9. The van der Waals surface area contributed by atoms with Crippen LogP contribution in [0.4, 0.5) is 17.1 Å². The van der Waals surface area contributed by atoms with Crippen molar-refractivity contribution < 1.29 is 26.4 Å². The molecule has 3 rings (SSSR count). The van der Waals surface area contributed by atoms with Gasteiger partial charge in [-0.2, -0.15) is 0 Å². The number of nitrogens with one attached hydrogen (secondary N) is 2. The maximum atomic E-state index is 12.9. The summed E-state index contributed by atoms with van der Waals surface area (Å²) in [6, 6.07) is 12.9. The van der Waals surface area contributed by atoms with Crippen LogP contribution in [0.2, 0.25) is 15.1 Å². The van der Waals surface area contributed by atoms with E-state index in [2.05, 4.69) is 10.0 Å². The van der Waals surface area contributed by atoms with Gasteiger partial charge in [0.15, 0.2) is 0 Å². The number of ether oxygens (including phenoxy) is 1. The van der Waals surface area contributed by atoms with Crippen LogP contribution in [0.3, 0.4) is 0 Å². The first-order chi connectivity index (χ1) is 17.2. The first-order valence-electron chi connectivity index (χ1n) is 10.4. The zero-order valence-electron chi connectivity index (χ0n) is 19.8. The summed E-state index contributed by atoms with van der Waals surface area (Å²) in [5.41, 5.74) is 1.34. The van der Waals surface area contributed by atoms with Crippen LogP contribution in [-0.2, 0) is 24.8 Å². The molecule has 3 aromatic rings. The predicted molar refractivity (Wildman–Crippen MR) is 147 cm³/mol. The fraction of sp³-hybridized carbons (Fsp3) is 0.174. The summed E-state index contributed by atoms with van der Waals surface area (Å²) < 4.78 is 58.9. The Balaban J connectivity index is 1.77. The van der Waals surface area contributed by atoms with E-state index in [1.807, 2.05) is 6.92 Å². The molecule has 198 valence electrons. The van der Waals surface area contributed by atoms with Crippen molar-refractivity contribution in [2.75, 3.05) is 34.3 Å². The van der Waals surface area contributed by atoms with Gasteiger partial charge in [0.2, 0.25) is 15.9 Å². The van der Waals surface area contributed by atoms with Gasteiger partial charge in [-0.15, -0.1) is 0 Å². The Morgan fingerprint density at radius 3 is 2.14 bits per heavy atom. The highest BCUT2D eigenvalue weighted by atomic mass is 35.5. The van der Waals surface area contributed by atoms with Crippen LogP contribution in [0.15, 0.2) is 59.5 Å². The van der Waals surface area contributed by atoms with E-state index < -0.39 is 32.5 Å². The van der Waals surface area contributed by atoms with Crippen molar-refractivity contribution in [1.29, 1.82) is 0 Å². The van der Waals surface area contributed by atoms with Gasteiger partial charge in [0.25, 0.3) is 10.0 Å². The Morgan fingerprint density at radius 2 is 1.54 bits per heavy atom. The molecule has 0 heterocycles. The molecule has 0 radical (unpaired) electrons. The van der Waals surface area contributed by atoms with E-state index in [1.54, 1.807) is 18.2 Å². The van der Waals surface area contributed by atoms with Crippen LogP contribution in [0.1, 0.15) is 5.56 Å². The zero-order chi connectivity index (χ0) is 27.5. The van der Waals surface area contributed by atoms with E-state index in [1.165, 1.54) is 43.5 Å². The van der Waals surface area contributed by atoms with Gasteiger partial charge in [0.05, 0.1) is 44.7 Å². The van der Waals surface area contributed by atoms with Crippen molar-refractivity contribution in [1.82, 2.24) is 0 Å². The lowest BCUT2D eigenvalue weighted by molar-refractivity contribution is -0.114. The second-order valence-corrected chi connectivity index (χ2v) is 12.7. The molecule has 2 N–H and O–H groups in total. The normalized spacial score (nSPS) is 11.6. The number of hydrogen-bond donors (Lipinski definition) is 2. The Bertz CT molecular complexity index is 1550. The Labute approximate surface area is 230 Å². The first-order valence-corrected chi connectivity index (χ1v) is 14.9. The Kier molecular flexibility index (Phi) is 8.86. The molecule has 14 heteroatoms. The number of anilines is 3. The van der Waals surface area contributed by atoms with Gasteiger partial charge in [0, 0.05) is 5.69 Å². The summed E-state index contributed by atoms with van der Waals surface area (Å²) in [6.07, 6.45) is 0.912. The predicted octanol–water partition coefficient (Wildman–Crippen LogP) is 5.17. The van der Waals surface area contributed by atoms with Crippen LogP contribution in [0.25, 0.3) is 0 Å². The molecule has 0 unspecified atom stereocenters. The number of carbonyl (C=O) groups is 1. The number of rotatable bonds is 9. The van der Waals surface area contributed by atoms with Crippen molar-refractivity contribution in [3.8, 4) is 5.75 Å². The second-order valence-electron chi connectivity index (χ2n) is 7.87. The minimum absolute atomic E-state index is 0.0140. The highest BCUT2D eigenvalue weighted by molar-refractivity contribution is 7.92. The summed E-state index contributed by atoms with van der Waals surface area (Å²) in [7, 11) is -6.47. The highest BCUT2D eigenvalue weighted by Gasteiger charge is 2.24. The molecule has 0 aliphatic heterocycles. The third-order valence-corrected chi connectivity index (χ3v) is 8.53. The van der Waals surface area contributed by atoms with E-state index in [9.17, 15) is 21.6 Å². The largest absolute Gasteiger partial charge is 0.495 e. The average molecular weight is 607 g/mol. The molecular weight excluding hydrogens is 585 g/mol. The lowest BCUT2D eigenvalue weighted by Crippen LogP contribution is -2.37. The SMILES string of the molecule is COc1ccc(C)cc1NS(=O)(=O)c1ccc(NC(=O)CN(c2cc(Cl)c(Cl)cc2Cl)S(C)(=O)=O)cc1. The number of halogens is 3. The van der Waals surface area contributed by atoms with Crippen molar-refractivity contribution >= 4 is 77.8 Å². The van der Waals surface area contributed by atoms with E-state index in [-0.39, 0.29) is 37.0 Å². The number of aryl methyl sites for hydroxylation is 1. The number of hydrogen-bond acceptors (Lipinski definition) is 6. The fourth-order valence-electron chi connectivity index (χ4n) is 3.24. The molecule has 0 aliphatic carbocycles. The fourth-order valence-corrected chi connectivity index (χ4v) is 5.85. The van der Waals surface area contributed by atoms with E-state index in [4.69, 9.17) is 39.5 Å². The monoisotopic (exact) mass is 605 g/mol. The first kappa shape index (κ1) is 28.9. The summed E-state index contributed by atoms with van der Waals surface area (Å²) in [5.74, 6) is -0.346. The zero-order valence-corrected chi connectivity index (χ0v) is 23.7. The molecule has 0 saturated carbocycles. The van der Waals surface area contributed by atoms with Crippen LogP contribution in [-0.4, -0.2) is 42.7 Å². The highest BCUT2D eigenvalue weighted by Crippen LogP contribution is 2.35. The number of benzene rings is 3. The lowest BCUT2D eigenvalue weighted by atomic mass is 10.2. The van der Waals surface area contributed by atoms with Crippen LogP contribution in [0.5, 0.6) is 5.75 Å². The smallest absolute Gasteiger partial charge is 0.262 e. The molecular formula is C23H22Cl3N3O6S2. The molecule has 3 aromatic carbocycles. The van der Waals surface area contributed by atoms with E-state index >= 15 is 0 Å². The molecule has 0 aliphatic rings. The van der Waals surface area contributed by atoms with Gasteiger partial charge in [-0.05, 0) is 61.0 Å². The van der Waals surface area contributed by atoms with Gasteiger partial charge in [0.1, 0.15) is 12.3 Å². The number of amides is 1. The number of sulfonamides is 2. The van der Waals surface area contributed by atoms with Gasteiger partial charge in [-0.1, -0.05) is 40.9 Å². The van der Waals surface area contributed by atoms with Gasteiger partial charge >= 0.3 is 0 Å². The van der Waals surface area contributed by atoms with E-state index in [0.717, 1.165) is 16.1 Å². The minimum atomic E-state index is -3.96. The third kappa shape index (κ3) is 7.20. The lowest BCUT2D eigenvalue weighted by Gasteiger charge is -2.23. The molecule has 0 atom stereocenters. The molecule has 0 fully saturated rings. The summed E-state index contributed by atoms with van der Waals surface area (Å²) >= 11 is 18.1. The van der Waals surface area contributed by atoms with Crippen LogP contribution in [0, 0.1) is 6.92 Å². The van der Waals surface area contributed by atoms with E-state index in [0.29, 0.717) is 5.75 Å². The number of methoxy groups -OCH3 is 1. The van der Waals surface area contributed by atoms with Gasteiger partial charge in [-0.25, -0.2) is 16.8 Å². The molecule has 0 spiro atoms. The van der Waals surface area contributed by atoms with Gasteiger partial charge < -0.3 is 10.1 Å². The number of carbonyl (C=O) groups excluding carboxylic acids is 1. The molecule has 37 heavy (non-hydrogen) atoms. The van der Waals surface area contributed by atoms with Gasteiger partial charge in [-0.3, -0.25) is 13.8 Å². The maximum Gasteiger partial charge on any atom is 0.262 e. The molecule has 0 saturated heterocycles. The summed E-state index contributed by atoms with van der Waals surface area (Å²) in [5, 5.41) is 2.70. The average Bonchev–Trinajstić information content (AvgIpc) is 2.80. The Morgan fingerprint density at radius 1 is 0.919 bits per heavy atom. The van der Waals surface area contributed by atoms with Crippen molar-refractivity contribution in [3.05, 3.63) is 75.2 Å². The van der Waals surface area contributed by atoms with Crippen LogP contribution >= 0.6 is 34.8 Å². The third-order valence-electron chi connectivity index (χ3n) is 4.99.